The Morgan fingerprint density at radius 2 is 1.62 bits per heavy atom. The maximum atomic E-state index is 10.4. The molecule has 1 unspecified atom stereocenters. The molecule has 0 aromatic carbocycles. The zero-order valence-electron chi connectivity index (χ0n) is 11.4. The van der Waals surface area contributed by atoms with Gasteiger partial charge in [0, 0.05) is 12.5 Å². The van der Waals surface area contributed by atoms with Crippen LogP contribution in [0.3, 0.4) is 0 Å². The Labute approximate surface area is 101 Å². The third kappa shape index (κ3) is 8.90. The molecule has 0 fully saturated rings. The van der Waals surface area contributed by atoms with Crippen LogP contribution in [0.1, 0.15) is 64.7 Å². The molecule has 0 aromatic heterocycles. The van der Waals surface area contributed by atoms with Crippen molar-refractivity contribution < 1.29 is 4.79 Å². The van der Waals surface area contributed by atoms with E-state index in [0.29, 0.717) is 12.5 Å². The highest BCUT2D eigenvalue weighted by atomic mass is 16.1. The summed E-state index contributed by atoms with van der Waals surface area (Å²) in [6.07, 6.45) is 12.1. The number of carbonyl (C=O) groups excluding carboxylic acids is 1. The van der Waals surface area contributed by atoms with Gasteiger partial charge in [-0.15, -0.1) is 0 Å². The standard InChI is InChI=1S/C14H29NO/c1-4-5-6-7-8-9-11-14(15(2)3)12-10-13-16/h13-14H,4-12H2,1-3H3. The van der Waals surface area contributed by atoms with E-state index in [9.17, 15) is 4.79 Å². The van der Waals surface area contributed by atoms with Crippen LogP contribution in [0.5, 0.6) is 0 Å². The summed E-state index contributed by atoms with van der Waals surface area (Å²) in [6.45, 7) is 2.25. The molecule has 16 heavy (non-hydrogen) atoms. The molecular formula is C14H29NO. The number of rotatable bonds is 11. The van der Waals surface area contributed by atoms with Crippen LogP contribution in [0, 0.1) is 0 Å². The summed E-state index contributed by atoms with van der Waals surface area (Å²) in [5, 5.41) is 0. The van der Waals surface area contributed by atoms with Crippen molar-refractivity contribution in [1.82, 2.24) is 4.90 Å². The molecule has 1 atom stereocenters. The van der Waals surface area contributed by atoms with Gasteiger partial charge in [-0.3, -0.25) is 0 Å². The fraction of sp³-hybridized carbons (Fsp3) is 0.929. The van der Waals surface area contributed by atoms with E-state index >= 15 is 0 Å². The van der Waals surface area contributed by atoms with Gasteiger partial charge in [0.1, 0.15) is 6.29 Å². The minimum absolute atomic E-state index is 0.594. The topological polar surface area (TPSA) is 20.3 Å². The lowest BCUT2D eigenvalue weighted by atomic mass is 10.0. The summed E-state index contributed by atoms with van der Waals surface area (Å²) >= 11 is 0. The Balaban J connectivity index is 3.48. The first kappa shape index (κ1) is 15.6. The van der Waals surface area contributed by atoms with Crippen molar-refractivity contribution in [2.45, 2.75) is 70.8 Å². The predicted molar refractivity (Wildman–Crippen MR) is 70.8 cm³/mol. The fourth-order valence-corrected chi connectivity index (χ4v) is 2.08. The van der Waals surface area contributed by atoms with E-state index in [4.69, 9.17) is 0 Å². The molecule has 0 saturated heterocycles. The van der Waals surface area contributed by atoms with Crippen LogP contribution < -0.4 is 0 Å². The van der Waals surface area contributed by atoms with Gasteiger partial charge in [-0.05, 0) is 26.9 Å². The average Bonchev–Trinajstić information content (AvgIpc) is 2.26. The molecule has 0 bridgehead atoms. The summed E-state index contributed by atoms with van der Waals surface area (Å²) < 4.78 is 0. The van der Waals surface area contributed by atoms with Crippen molar-refractivity contribution in [2.24, 2.45) is 0 Å². The number of carbonyl (C=O) groups is 1. The lowest BCUT2D eigenvalue weighted by Crippen LogP contribution is -2.27. The molecule has 0 heterocycles. The zero-order valence-corrected chi connectivity index (χ0v) is 11.4. The fourth-order valence-electron chi connectivity index (χ4n) is 2.08. The van der Waals surface area contributed by atoms with E-state index in [-0.39, 0.29) is 0 Å². The number of aldehydes is 1. The lowest BCUT2D eigenvalue weighted by molar-refractivity contribution is -0.108. The molecule has 0 rings (SSSR count). The molecule has 0 aliphatic carbocycles. The first-order chi connectivity index (χ1) is 7.72. The van der Waals surface area contributed by atoms with Crippen molar-refractivity contribution in [2.75, 3.05) is 14.1 Å². The molecule has 0 radical (unpaired) electrons. The Morgan fingerprint density at radius 3 is 2.19 bits per heavy atom. The maximum absolute atomic E-state index is 10.4. The van der Waals surface area contributed by atoms with Gasteiger partial charge in [0.2, 0.25) is 0 Å². The minimum atomic E-state index is 0.594. The summed E-state index contributed by atoms with van der Waals surface area (Å²) in [7, 11) is 4.24. The number of nitrogens with zero attached hydrogens (tertiary/aromatic N) is 1. The second-order valence-electron chi connectivity index (χ2n) is 4.92. The average molecular weight is 227 g/mol. The normalized spacial score (nSPS) is 13.0. The summed E-state index contributed by atoms with van der Waals surface area (Å²) in [5.41, 5.74) is 0. The van der Waals surface area contributed by atoms with Crippen LogP contribution in [-0.4, -0.2) is 31.3 Å². The van der Waals surface area contributed by atoms with Crippen molar-refractivity contribution in [3.8, 4) is 0 Å². The van der Waals surface area contributed by atoms with E-state index in [2.05, 4.69) is 25.9 Å². The maximum Gasteiger partial charge on any atom is 0.120 e. The Morgan fingerprint density at radius 1 is 1.00 bits per heavy atom. The van der Waals surface area contributed by atoms with Gasteiger partial charge < -0.3 is 9.69 Å². The highest BCUT2D eigenvalue weighted by Gasteiger charge is 2.09. The van der Waals surface area contributed by atoms with Crippen LogP contribution in [-0.2, 0) is 4.79 Å². The van der Waals surface area contributed by atoms with Gasteiger partial charge in [0.05, 0.1) is 0 Å². The number of hydrogen-bond acceptors (Lipinski definition) is 2. The quantitative estimate of drug-likeness (QED) is 0.397. The van der Waals surface area contributed by atoms with Gasteiger partial charge in [-0.25, -0.2) is 0 Å². The smallest absolute Gasteiger partial charge is 0.120 e. The molecule has 0 aliphatic heterocycles. The van der Waals surface area contributed by atoms with Crippen LogP contribution in [0.25, 0.3) is 0 Å². The highest BCUT2D eigenvalue weighted by Crippen LogP contribution is 2.13. The van der Waals surface area contributed by atoms with Crippen molar-refractivity contribution in [3.63, 3.8) is 0 Å². The molecule has 0 aliphatic rings. The molecule has 0 amide bonds. The van der Waals surface area contributed by atoms with Crippen molar-refractivity contribution in [1.29, 1.82) is 0 Å². The lowest BCUT2D eigenvalue weighted by Gasteiger charge is -2.23. The van der Waals surface area contributed by atoms with Crippen LogP contribution >= 0.6 is 0 Å². The Kier molecular flexibility index (Phi) is 10.9. The second-order valence-corrected chi connectivity index (χ2v) is 4.92. The highest BCUT2D eigenvalue weighted by molar-refractivity contribution is 5.49. The summed E-state index contributed by atoms with van der Waals surface area (Å²) in [6, 6.07) is 0.594. The molecular weight excluding hydrogens is 198 g/mol. The molecule has 0 spiro atoms. The van der Waals surface area contributed by atoms with Gasteiger partial charge in [-0.2, -0.15) is 0 Å². The van der Waals surface area contributed by atoms with Crippen molar-refractivity contribution in [3.05, 3.63) is 0 Å². The first-order valence-corrected chi connectivity index (χ1v) is 6.82. The van der Waals surface area contributed by atoms with E-state index < -0.39 is 0 Å². The van der Waals surface area contributed by atoms with Gasteiger partial charge >= 0.3 is 0 Å². The first-order valence-electron chi connectivity index (χ1n) is 6.82. The third-order valence-corrected chi connectivity index (χ3v) is 3.24. The van der Waals surface area contributed by atoms with Crippen LogP contribution in [0.2, 0.25) is 0 Å². The van der Waals surface area contributed by atoms with E-state index in [1.165, 1.54) is 44.9 Å². The minimum Gasteiger partial charge on any atom is -0.306 e. The zero-order chi connectivity index (χ0) is 12.2. The van der Waals surface area contributed by atoms with Crippen LogP contribution in [0.4, 0.5) is 0 Å². The van der Waals surface area contributed by atoms with Gasteiger partial charge in [-0.1, -0.05) is 45.4 Å². The van der Waals surface area contributed by atoms with Gasteiger partial charge in [0.25, 0.3) is 0 Å². The number of hydrogen-bond donors (Lipinski definition) is 0. The Bertz CT molecular complexity index is 157. The van der Waals surface area contributed by atoms with E-state index in [1.807, 2.05) is 0 Å². The Hall–Kier alpha value is -0.370. The monoisotopic (exact) mass is 227 g/mol. The largest absolute Gasteiger partial charge is 0.306 e. The molecule has 2 heteroatoms. The molecule has 0 saturated carbocycles. The molecule has 0 aromatic rings. The second kappa shape index (κ2) is 11.1. The van der Waals surface area contributed by atoms with Gasteiger partial charge in [0.15, 0.2) is 0 Å². The summed E-state index contributed by atoms with van der Waals surface area (Å²) in [4.78, 5) is 12.6. The van der Waals surface area contributed by atoms with E-state index in [0.717, 1.165) is 12.7 Å². The van der Waals surface area contributed by atoms with Crippen molar-refractivity contribution >= 4 is 6.29 Å². The molecule has 0 N–H and O–H groups in total. The SMILES string of the molecule is CCCCCCCCC(CCC=O)N(C)C. The van der Waals surface area contributed by atoms with Crippen LogP contribution in [0.15, 0.2) is 0 Å². The van der Waals surface area contributed by atoms with E-state index in [1.54, 1.807) is 0 Å². The number of unbranched alkanes of at least 4 members (excludes halogenated alkanes) is 5. The summed E-state index contributed by atoms with van der Waals surface area (Å²) in [5.74, 6) is 0. The molecule has 96 valence electrons. The third-order valence-electron chi connectivity index (χ3n) is 3.24. The molecule has 2 nitrogen and oxygen atoms in total. The predicted octanol–water partition coefficient (Wildman–Crippen LogP) is 3.65.